The quantitative estimate of drug-likeness (QED) is 0.152. The van der Waals surface area contributed by atoms with Gasteiger partial charge in [-0.05, 0) is 182 Å². The van der Waals surface area contributed by atoms with Crippen molar-refractivity contribution in [1.29, 1.82) is 0 Å². The van der Waals surface area contributed by atoms with Gasteiger partial charge in [-0.1, -0.05) is 217 Å². The van der Waals surface area contributed by atoms with Gasteiger partial charge in [-0.15, -0.1) is 0 Å². The lowest BCUT2D eigenvalue weighted by Gasteiger charge is -2.31. The normalized spacial score (nSPS) is 14.1. The van der Waals surface area contributed by atoms with Crippen molar-refractivity contribution < 1.29 is 0 Å². The van der Waals surface area contributed by atoms with Crippen LogP contribution in [0.4, 0.5) is 0 Å². The minimum absolute atomic E-state index is 0.0346. The summed E-state index contributed by atoms with van der Waals surface area (Å²) in [6.45, 7) is 13.9. The van der Waals surface area contributed by atoms with E-state index in [0.717, 1.165) is 0 Å². The first kappa shape index (κ1) is 39.2. The Hall–Kier alpha value is -7.80. The van der Waals surface area contributed by atoms with E-state index in [2.05, 4.69) is 236 Å². The van der Waals surface area contributed by atoms with Gasteiger partial charge in [-0.25, -0.2) is 0 Å². The Morgan fingerprint density at radius 2 is 0.812 bits per heavy atom. The SMILES string of the molecule is CC(C)(C)c1cc2ccc3cc(-c4cccc5c6c(ccc45)C4(c5ccccc5-c5ccccc54)c4cc(-c5ccc7ccc8c(C(C)(C)C)ccc9ccc5c7c98)ccc4-6)cc4ccc(c1)c2c34. The van der Waals surface area contributed by atoms with Crippen molar-refractivity contribution in [2.24, 2.45) is 0 Å². The lowest BCUT2D eigenvalue weighted by Crippen LogP contribution is -2.25. The molecule has 0 aliphatic heterocycles. The fraction of sp³-hybridized carbons (Fsp3) is 0.130. The van der Waals surface area contributed by atoms with Crippen LogP contribution in [0.5, 0.6) is 0 Å². The minimum Gasteiger partial charge on any atom is -0.0619 e. The summed E-state index contributed by atoms with van der Waals surface area (Å²) in [7, 11) is 0. The molecule has 1 spiro atoms. The first-order valence-electron chi connectivity index (χ1n) is 24.8. The van der Waals surface area contributed by atoms with E-state index in [1.807, 2.05) is 0 Å². The van der Waals surface area contributed by atoms with Crippen LogP contribution in [-0.2, 0) is 16.2 Å². The van der Waals surface area contributed by atoms with Crippen LogP contribution < -0.4 is 0 Å². The highest BCUT2D eigenvalue weighted by molar-refractivity contribution is 6.27. The maximum Gasteiger partial charge on any atom is 0.0725 e. The first-order valence-corrected chi connectivity index (χ1v) is 24.8. The van der Waals surface area contributed by atoms with Crippen LogP contribution in [0.1, 0.15) is 74.9 Å². The molecule has 0 nitrogen and oxygen atoms in total. The highest BCUT2D eigenvalue weighted by Crippen LogP contribution is 2.64. The summed E-state index contributed by atoms with van der Waals surface area (Å²) in [6.07, 6.45) is 0. The lowest BCUT2D eigenvalue weighted by molar-refractivity contribution is 0.591. The molecule has 0 radical (unpaired) electrons. The number of hydrogen-bond donors (Lipinski definition) is 0. The Labute approximate surface area is 403 Å². The van der Waals surface area contributed by atoms with Crippen LogP contribution in [0.15, 0.2) is 194 Å². The summed E-state index contributed by atoms with van der Waals surface area (Å²) in [4.78, 5) is 0. The van der Waals surface area contributed by atoms with Crippen LogP contribution in [0, 0.1) is 0 Å². The fourth-order valence-electron chi connectivity index (χ4n) is 13.5. The summed E-state index contributed by atoms with van der Waals surface area (Å²) < 4.78 is 0. The third-order valence-electron chi connectivity index (χ3n) is 16.6. The zero-order chi connectivity index (χ0) is 46.3. The molecule has 0 N–H and O–H groups in total. The van der Waals surface area contributed by atoms with Gasteiger partial charge in [-0.2, -0.15) is 0 Å². The van der Waals surface area contributed by atoms with Crippen molar-refractivity contribution in [2.45, 2.75) is 57.8 Å². The second kappa shape index (κ2) is 13.2. The molecule has 15 rings (SSSR count). The minimum atomic E-state index is -0.479. The molecular formula is C69H50. The third kappa shape index (κ3) is 5.09. The van der Waals surface area contributed by atoms with E-state index >= 15 is 0 Å². The maximum atomic E-state index is 2.57. The Morgan fingerprint density at radius 3 is 1.46 bits per heavy atom. The van der Waals surface area contributed by atoms with Crippen molar-refractivity contribution in [2.75, 3.05) is 0 Å². The summed E-state index contributed by atoms with van der Waals surface area (Å²) >= 11 is 0. The molecule has 0 atom stereocenters. The van der Waals surface area contributed by atoms with E-state index in [1.165, 1.54) is 153 Å². The Morgan fingerprint density at radius 1 is 0.290 bits per heavy atom. The van der Waals surface area contributed by atoms with Gasteiger partial charge >= 0.3 is 0 Å². The van der Waals surface area contributed by atoms with E-state index in [0.29, 0.717) is 0 Å². The van der Waals surface area contributed by atoms with E-state index in [1.54, 1.807) is 0 Å². The van der Waals surface area contributed by atoms with Crippen LogP contribution in [0.3, 0.4) is 0 Å². The molecule has 326 valence electrons. The van der Waals surface area contributed by atoms with Gasteiger partial charge in [-0.3, -0.25) is 0 Å². The third-order valence-corrected chi connectivity index (χ3v) is 16.6. The fourth-order valence-corrected chi connectivity index (χ4v) is 13.5. The monoisotopic (exact) mass is 878 g/mol. The molecule has 0 fully saturated rings. The summed E-state index contributed by atoms with van der Waals surface area (Å²) in [5, 5.41) is 18.6. The van der Waals surface area contributed by atoms with E-state index in [9.17, 15) is 0 Å². The Balaban J connectivity index is 0.975. The molecule has 0 aromatic heterocycles. The van der Waals surface area contributed by atoms with E-state index in [4.69, 9.17) is 0 Å². The van der Waals surface area contributed by atoms with Crippen LogP contribution in [-0.4, -0.2) is 0 Å². The second-order valence-electron chi connectivity index (χ2n) is 22.4. The van der Waals surface area contributed by atoms with Crippen molar-refractivity contribution in [1.82, 2.24) is 0 Å². The number of benzene rings is 13. The molecule has 0 bridgehead atoms. The van der Waals surface area contributed by atoms with Crippen molar-refractivity contribution in [3.8, 4) is 44.5 Å². The smallest absolute Gasteiger partial charge is 0.0619 e. The van der Waals surface area contributed by atoms with Gasteiger partial charge in [0.15, 0.2) is 0 Å². The predicted octanol–water partition coefficient (Wildman–Crippen LogP) is 18.9. The molecule has 69 heavy (non-hydrogen) atoms. The topological polar surface area (TPSA) is 0 Å². The van der Waals surface area contributed by atoms with Gasteiger partial charge in [0.1, 0.15) is 0 Å². The van der Waals surface area contributed by atoms with Crippen LogP contribution in [0.25, 0.3) is 120 Å². The number of rotatable bonds is 2. The van der Waals surface area contributed by atoms with Gasteiger partial charge in [0, 0.05) is 0 Å². The zero-order valence-corrected chi connectivity index (χ0v) is 40.0. The zero-order valence-electron chi connectivity index (χ0n) is 40.0. The van der Waals surface area contributed by atoms with Gasteiger partial charge < -0.3 is 0 Å². The van der Waals surface area contributed by atoms with Crippen LogP contribution >= 0.6 is 0 Å². The van der Waals surface area contributed by atoms with E-state index in [-0.39, 0.29) is 10.8 Å². The molecular weight excluding hydrogens is 829 g/mol. The first-order chi connectivity index (χ1) is 33.5. The largest absolute Gasteiger partial charge is 0.0725 e. The molecule has 0 amide bonds. The molecule has 0 saturated heterocycles. The lowest BCUT2D eigenvalue weighted by atomic mass is 9.70. The summed E-state index contributed by atoms with van der Waals surface area (Å²) in [6, 6.07) is 75.7. The van der Waals surface area contributed by atoms with Gasteiger partial charge in [0.25, 0.3) is 0 Å². The number of hydrogen-bond acceptors (Lipinski definition) is 0. The second-order valence-corrected chi connectivity index (χ2v) is 22.4. The van der Waals surface area contributed by atoms with Crippen molar-refractivity contribution in [3.63, 3.8) is 0 Å². The molecule has 13 aromatic rings. The number of fused-ring (bicyclic) bond motifs is 12. The Bertz CT molecular complexity index is 4260. The van der Waals surface area contributed by atoms with Gasteiger partial charge in [0.05, 0.1) is 5.41 Å². The van der Waals surface area contributed by atoms with Crippen LogP contribution in [0.2, 0.25) is 0 Å². The predicted molar refractivity (Wildman–Crippen MR) is 296 cm³/mol. The molecule has 2 aliphatic rings. The average Bonchev–Trinajstić information content (AvgIpc) is 3.83. The average molecular weight is 879 g/mol. The highest BCUT2D eigenvalue weighted by atomic mass is 14.5. The van der Waals surface area contributed by atoms with E-state index < -0.39 is 5.41 Å². The summed E-state index contributed by atoms with van der Waals surface area (Å²) in [5.41, 5.74) is 18.3. The van der Waals surface area contributed by atoms with Crippen molar-refractivity contribution >= 4 is 75.4 Å². The molecule has 0 heteroatoms. The molecule has 2 aliphatic carbocycles. The Kier molecular flexibility index (Phi) is 7.53. The molecule has 0 heterocycles. The van der Waals surface area contributed by atoms with Crippen molar-refractivity contribution in [3.05, 3.63) is 228 Å². The van der Waals surface area contributed by atoms with Gasteiger partial charge in [0.2, 0.25) is 0 Å². The standard InChI is InChI=1S/C69H50/c1-67(2,3)47-36-44-20-18-42-34-46(35-43-19-21-45(37-47)63(44)62(42)43)48-14-11-15-53-50(48)31-33-60-66(53)56-30-25-41(38-61(56)69(60)58-16-9-7-12-51(58)52-13-8-10-17-59(52)69)49-27-22-39-24-29-55-57(68(4,5)6)32-26-40-23-28-54(49)64(39)65(40)55/h7-38H,1-6H3. The molecule has 0 saturated carbocycles. The molecule has 13 aromatic carbocycles. The summed E-state index contributed by atoms with van der Waals surface area (Å²) in [5.74, 6) is 0. The molecule has 0 unspecified atom stereocenters. The maximum absolute atomic E-state index is 2.57. The highest BCUT2D eigenvalue weighted by Gasteiger charge is 2.52.